The van der Waals surface area contributed by atoms with Crippen LogP contribution >= 0.6 is 0 Å². The van der Waals surface area contributed by atoms with Crippen molar-refractivity contribution in [2.45, 2.75) is 51.0 Å². The predicted octanol–water partition coefficient (Wildman–Crippen LogP) is 3.86. The molecule has 0 unspecified atom stereocenters. The Morgan fingerprint density at radius 2 is 1.42 bits per heavy atom. The number of amides is 2. The second kappa shape index (κ2) is 10.8. The van der Waals surface area contributed by atoms with Crippen LogP contribution in [0.1, 0.15) is 32.8 Å². The number of ether oxygens (including phenoxy) is 1. The summed E-state index contributed by atoms with van der Waals surface area (Å²) >= 11 is 0. The van der Waals surface area contributed by atoms with E-state index in [1.54, 1.807) is 0 Å². The van der Waals surface area contributed by atoms with Crippen molar-refractivity contribution >= 4 is 30.7 Å². The van der Waals surface area contributed by atoms with Crippen LogP contribution in [0.25, 0.3) is 0 Å². The van der Waals surface area contributed by atoms with Crippen molar-refractivity contribution in [3.05, 3.63) is 96.6 Å². The largest absolute Gasteiger partial charge is 0.444 e. The molecule has 3 aromatic carbocycles. The summed E-state index contributed by atoms with van der Waals surface area (Å²) in [5.41, 5.74) is 0.818. The van der Waals surface area contributed by atoms with E-state index in [2.05, 4.69) is 45.0 Å². The SMILES string of the molecule is CC(C)(C)[Si](OC[C@@H]1C[C@H](O)C(=O)N1C(=O)OCc1ccccc1)(c1ccccc1)c1ccccc1. The average Bonchev–Trinajstić information content (AvgIpc) is 3.17. The summed E-state index contributed by atoms with van der Waals surface area (Å²) in [4.78, 5) is 26.8. The molecule has 0 aromatic heterocycles. The quantitative estimate of drug-likeness (QED) is 0.496. The molecule has 36 heavy (non-hydrogen) atoms. The van der Waals surface area contributed by atoms with Gasteiger partial charge in [0.1, 0.15) is 12.7 Å². The predicted molar refractivity (Wildman–Crippen MR) is 141 cm³/mol. The van der Waals surface area contributed by atoms with Crippen molar-refractivity contribution in [2.75, 3.05) is 6.61 Å². The van der Waals surface area contributed by atoms with E-state index >= 15 is 0 Å². The highest BCUT2D eigenvalue weighted by molar-refractivity contribution is 6.99. The van der Waals surface area contributed by atoms with Gasteiger partial charge in [0.05, 0.1) is 12.6 Å². The number of benzene rings is 3. The van der Waals surface area contributed by atoms with E-state index in [-0.39, 0.29) is 24.7 Å². The first-order valence-electron chi connectivity index (χ1n) is 12.2. The van der Waals surface area contributed by atoms with Gasteiger partial charge in [-0.15, -0.1) is 0 Å². The standard InChI is InChI=1S/C29H33NO5Si/c1-29(2,3)36(24-15-9-5-10-16-24,25-17-11-6-12-18-25)35-21-23-19-26(31)27(32)30(23)28(33)34-20-22-13-7-4-8-14-22/h4-18,23,26,31H,19-21H2,1-3H3/t23-,26-/m0/s1. The molecule has 7 heteroatoms. The summed E-state index contributed by atoms with van der Waals surface area (Å²) in [7, 11) is -2.87. The third-order valence-electron chi connectivity index (χ3n) is 6.69. The van der Waals surface area contributed by atoms with Gasteiger partial charge < -0.3 is 14.3 Å². The first-order chi connectivity index (χ1) is 17.2. The lowest BCUT2D eigenvalue weighted by atomic mass is 10.2. The van der Waals surface area contributed by atoms with Gasteiger partial charge in [0.2, 0.25) is 0 Å². The lowest BCUT2D eigenvalue weighted by Crippen LogP contribution is -2.67. The van der Waals surface area contributed by atoms with E-state index in [1.807, 2.05) is 66.7 Å². The first kappa shape index (κ1) is 25.8. The van der Waals surface area contributed by atoms with E-state index in [0.717, 1.165) is 20.8 Å². The van der Waals surface area contributed by atoms with Gasteiger partial charge in [-0.3, -0.25) is 4.79 Å². The van der Waals surface area contributed by atoms with Crippen LogP contribution in [0.3, 0.4) is 0 Å². The van der Waals surface area contributed by atoms with Gasteiger partial charge in [-0.1, -0.05) is 112 Å². The lowest BCUT2D eigenvalue weighted by molar-refractivity contribution is -0.134. The minimum atomic E-state index is -2.87. The average molecular weight is 504 g/mol. The molecule has 4 rings (SSSR count). The summed E-state index contributed by atoms with van der Waals surface area (Å²) in [5, 5.41) is 12.3. The molecule has 1 aliphatic rings. The third-order valence-corrected chi connectivity index (χ3v) is 11.7. The Bertz CT molecular complexity index is 1130. The molecular formula is C29H33NO5Si. The van der Waals surface area contributed by atoms with E-state index in [0.29, 0.717) is 0 Å². The van der Waals surface area contributed by atoms with E-state index in [9.17, 15) is 14.7 Å². The molecule has 6 nitrogen and oxygen atoms in total. The number of carbonyl (C=O) groups is 2. The van der Waals surface area contributed by atoms with Crippen molar-refractivity contribution in [3.8, 4) is 0 Å². The number of nitrogens with zero attached hydrogens (tertiary/aromatic N) is 1. The molecule has 1 saturated heterocycles. The number of likely N-dealkylation sites (tertiary alicyclic amines) is 1. The van der Waals surface area contributed by atoms with Gasteiger partial charge in [0, 0.05) is 6.42 Å². The molecule has 0 radical (unpaired) electrons. The van der Waals surface area contributed by atoms with Crippen LogP contribution in [0, 0.1) is 0 Å². The van der Waals surface area contributed by atoms with Gasteiger partial charge in [0.25, 0.3) is 14.2 Å². The zero-order valence-corrected chi connectivity index (χ0v) is 22.0. The molecule has 0 aliphatic carbocycles. The molecule has 0 saturated carbocycles. The maximum atomic E-state index is 13.0. The molecule has 1 fully saturated rings. The van der Waals surface area contributed by atoms with Crippen LogP contribution < -0.4 is 10.4 Å². The van der Waals surface area contributed by atoms with Crippen molar-refractivity contribution in [1.82, 2.24) is 4.90 Å². The Hall–Kier alpha value is -3.26. The molecule has 0 spiro atoms. The van der Waals surface area contributed by atoms with Gasteiger partial charge in [-0.25, -0.2) is 9.69 Å². The van der Waals surface area contributed by atoms with Crippen molar-refractivity contribution in [1.29, 1.82) is 0 Å². The minimum Gasteiger partial charge on any atom is -0.444 e. The summed E-state index contributed by atoms with van der Waals surface area (Å²) < 4.78 is 12.4. The fraction of sp³-hybridized carbons (Fsp3) is 0.310. The fourth-order valence-electron chi connectivity index (χ4n) is 4.96. The van der Waals surface area contributed by atoms with Gasteiger partial charge in [0.15, 0.2) is 0 Å². The van der Waals surface area contributed by atoms with Crippen molar-refractivity contribution in [3.63, 3.8) is 0 Å². The Morgan fingerprint density at radius 1 is 0.917 bits per heavy atom. The third kappa shape index (κ3) is 5.14. The molecule has 1 N–H and O–H groups in total. The molecule has 1 aliphatic heterocycles. The molecular weight excluding hydrogens is 470 g/mol. The monoisotopic (exact) mass is 503 g/mol. The summed E-state index contributed by atoms with van der Waals surface area (Å²) in [6, 6.07) is 29.0. The van der Waals surface area contributed by atoms with E-state index in [4.69, 9.17) is 9.16 Å². The van der Waals surface area contributed by atoms with Crippen molar-refractivity contribution < 1.29 is 23.9 Å². The zero-order valence-electron chi connectivity index (χ0n) is 21.0. The molecule has 0 bridgehead atoms. The van der Waals surface area contributed by atoms with Crippen molar-refractivity contribution in [2.24, 2.45) is 0 Å². The Kier molecular flexibility index (Phi) is 7.73. The van der Waals surface area contributed by atoms with E-state index < -0.39 is 32.5 Å². The van der Waals surface area contributed by atoms with Crippen LogP contribution in [-0.2, 0) is 20.6 Å². The topological polar surface area (TPSA) is 76.1 Å². The van der Waals surface area contributed by atoms with Gasteiger partial charge in [-0.2, -0.15) is 0 Å². The summed E-state index contributed by atoms with van der Waals surface area (Å²) in [6.45, 7) is 6.65. The molecule has 3 aromatic rings. The fourth-order valence-corrected chi connectivity index (χ4v) is 9.56. The van der Waals surface area contributed by atoms with Gasteiger partial charge in [-0.05, 0) is 21.0 Å². The Labute approximate surface area is 213 Å². The zero-order chi connectivity index (χ0) is 25.8. The molecule has 2 atom stereocenters. The summed E-state index contributed by atoms with van der Waals surface area (Å²) in [5.74, 6) is -0.649. The number of rotatable bonds is 7. The van der Waals surface area contributed by atoms with Crippen LogP contribution in [0.15, 0.2) is 91.0 Å². The number of carbonyl (C=O) groups excluding carboxylic acids is 2. The summed E-state index contributed by atoms with van der Waals surface area (Å²) in [6.07, 6.45) is -1.92. The number of aliphatic hydroxyl groups excluding tert-OH is 1. The number of hydrogen-bond donors (Lipinski definition) is 1. The highest BCUT2D eigenvalue weighted by Gasteiger charge is 2.52. The number of hydrogen-bond acceptors (Lipinski definition) is 5. The second-order valence-electron chi connectivity index (χ2n) is 10.1. The van der Waals surface area contributed by atoms with Crippen LogP contribution in [0.4, 0.5) is 4.79 Å². The number of aliphatic hydroxyl groups is 1. The van der Waals surface area contributed by atoms with Crippen LogP contribution in [0.2, 0.25) is 5.04 Å². The maximum absolute atomic E-state index is 13.0. The van der Waals surface area contributed by atoms with E-state index in [1.165, 1.54) is 0 Å². The van der Waals surface area contributed by atoms with Gasteiger partial charge >= 0.3 is 6.09 Å². The first-order valence-corrected chi connectivity index (χ1v) is 14.1. The minimum absolute atomic E-state index is 0.0435. The Morgan fingerprint density at radius 3 is 1.92 bits per heavy atom. The highest BCUT2D eigenvalue weighted by Crippen LogP contribution is 2.37. The molecule has 1 heterocycles. The normalized spacial score (nSPS) is 18.3. The number of imide groups is 1. The lowest BCUT2D eigenvalue weighted by Gasteiger charge is -2.43. The molecule has 2 amide bonds. The van der Waals surface area contributed by atoms with Crippen LogP contribution in [0.5, 0.6) is 0 Å². The maximum Gasteiger partial charge on any atom is 0.417 e. The Balaban J connectivity index is 1.62. The highest BCUT2D eigenvalue weighted by atomic mass is 28.4. The second-order valence-corrected chi connectivity index (χ2v) is 14.4. The van der Waals surface area contributed by atoms with Crippen LogP contribution in [-0.4, -0.2) is 49.1 Å². The molecule has 188 valence electrons. The smallest absolute Gasteiger partial charge is 0.417 e.